The van der Waals surface area contributed by atoms with Crippen LogP contribution in [-0.4, -0.2) is 41.6 Å². The van der Waals surface area contributed by atoms with Crippen LogP contribution in [0.1, 0.15) is 24.2 Å². The van der Waals surface area contributed by atoms with Crippen molar-refractivity contribution >= 4 is 11.9 Å². The molecule has 0 bridgehead atoms. The minimum atomic E-state index is -1.78. The number of phenols is 1. The number of hydrogen-bond donors (Lipinski definition) is 1. The number of nitrogens with zero attached hydrogens (tertiary/aromatic N) is 1. The standard InChI is InChI=1S/C13H14F3NO4/c1-3-17(6-9(18)21-4-2)13(20)7-5-8(14)11(16)12(19)10(7)15/h5,19H,3-4,6H2,1-2H3. The van der Waals surface area contributed by atoms with Gasteiger partial charge >= 0.3 is 5.97 Å². The molecule has 1 aromatic rings. The number of esters is 1. The first-order valence-electron chi connectivity index (χ1n) is 6.14. The molecular formula is C13H14F3NO4. The van der Waals surface area contributed by atoms with Gasteiger partial charge in [-0.3, -0.25) is 9.59 Å². The van der Waals surface area contributed by atoms with Crippen molar-refractivity contribution < 1.29 is 32.6 Å². The van der Waals surface area contributed by atoms with Gasteiger partial charge in [0.25, 0.3) is 5.91 Å². The molecule has 1 aromatic carbocycles. The van der Waals surface area contributed by atoms with Gasteiger partial charge in [-0.1, -0.05) is 0 Å². The normalized spacial score (nSPS) is 10.3. The molecule has 0 radical (unpaired) electrons. The lowest BCUT2D eigenvalue weighted by Crippen LogP contribution is -2.36. The summed E-state index contributed by atoms with van der Waals surface area (Å²) >= 11 is 0. The Hall–Kier alpha value is -2.25. The number of hydrogen-bond acceptors (Lipinski definition) is 4. The van der Waals surface area contributed by atoms with Crippen molar-refractivity contribution in [2.75, 3.05) is 19.7 Å². The molecule has 0 saturated carbocycles. The molecule has 116 valence electrons. The van der Waals surface area contributed by atoms with Crippen molar-refractivity contribution in [3.05, 3.63) is 29.1 Å². The van der Waals surface area contributed by atoms with E-state index in [9.17, 15) is 22.8 Å². The number of benzene rings is 1. The molecule has 21 heavy (non-hydrogen) atoms. The Labute approximate surface area is 118 Å². The van der Waals surface area contributed by atoms with Crippen molar-refractivity contribution in [1.82, 2.24) is 4.90 Å². The molecule has 0 saturated heterocycles. The number of carbonyl (C=O) groups excluding carboxylic acids is 2. The van der Waals surface area contributed by atoms with Crippen LogP contribution in [0, 0.1) is 17.5 Å². The Balaban J connectivity index is 3.09. The zero-order valence-corrected chi connectivity index (χ0v) is 11.5. The summed E-state index contributed by atoms with van der Waals surface area (Å²) in [7, 11) is 0. The van der Waals surface area contributed by atoms with Gasteiger partial charge in [0.15, 0.2) is 17.4 Å². The Bertz CT molecular complexity index is 563. The van der Waals surface area contributed by atoms with E-state index >= 15 is 0 Å². The molecule has 0 atom stereocenters. The zero-order valence-electron chi connectivity index (χ0n) is 11.5. The Kier molecular flexibility index (Phi) is 5.57. The average Bonchev–Trinajstić information content (AvgIpc) is 2.46. The van der Waals surface area contributed by atoms with Gasteiger partial charge in [-0.05, 0) is 19.9 Å². The second-order valence-corrected chi connectivity index (χ2v) is 4.01. The molecular weight excluding hydrogens is 291 g/mol. The highest BCUT2D eigenvalue weighted by Gasteiger charge is 2.26. The summed E-state index contributed by atoms with van der Waals surface area (Å²) in [5.74, 6) is -8.29. The van der Waals surface area contributed by atoms with Crippen LogP contribution in [0.4, 0.5) is 13.2 Å². The number of aromatic hydroxyl groups is 1. The van der Waals surface area contributed by atoms with Crippen molar-refractivity contribution in [2.24, 2.45) is 0 Å². The Morgan fingerprint density at radius 2 is 1.86 bits per heavy atom. The van der Waals surface area contributed by atoms with Crippen LogP contribution in [0.25, 0.3) is 0 Å². The third-order valence-corrected chi connectivity index (χ3v) is 2.66. The van der Waals surface area contributed by atoms with E-state index in [1.54, 1.807) is 6.92 Å². The van der Waals surface area contributed by atoms with E-state index in [-0.39, 0.29) is 13.2 Å². The van der Waals surface area contributed by atoms with Gasteiger partial charge in [-0.2, -0.15) is 4.39 Å². The van der Waals surface area contributed by atoms with Crippen LogP contribution in [-0.2, 0) is 9.53 Å². The number of amides is 1. The number of likely N-dealkylation sites (N-methyl/N-ethyl adjacent to an activating group) is 1. The van der Waals surface area contributed by atoms with Crippen LogP contribution in [0.15, 0.2) is 6.07 Å². The highest BCUT2D eigenvalue weighted by molar-refractivity contribution is 5.96. The second-order valence-electron chi connectivity index (χ2n) is 4.01. The van der Waals surface area contributed by atoms with Crippen LogP contribution in [0.5, 0.6) is 5.75 Å². The molecule has 1 rings (SSSR count). The highest BCUT2D eigenvalue weighted by atomic mass is 19.2. The van der Waals surface area contributed by atoms with Gasteiger partial charge in [-0.25, -0.2) is 8.78 Å². The van der Waals surface area contributed by atoms with E-state index in [1.165, 1.54) is 6.92 Å². The summed E-state index contributed by atoms with van der Waals surface area (Å²) in [6.07, 6.45) is 0. The first kappa shape index (κ1) is 16.8. The molecule has 1 amide bonds. The summed E-state index contributed by atoms with van der Waals surface area (Å²) in [5.41, 5.74) is -0.863. The van der Waals surface area contributed by atoms with Gasteiger partial charge in [0.2, 0.25) is 5.82 Å². The van der Waals surface area contributed by atoms with E-state index in [0.29, 0.717) is 6.07 Å². The zero-order chi connectivity index (χ0) is 16.2. The fourth-order valence-corrected chi connectivity index (χ4v) is 1.61. The fraction of sp³-hybridized carbons (Fsp3) is 0.385. The monoisotopic (exact) mass is 305 g/mol. The van der Waals surface area contributed by atoms with Crippen molar-refractivity contribution in [2.45, 2.75) is 13.8 Å². The average molecular weight is 305 g/mol. The molecule has 1 N–H and O–H groups in total. The highest BCUT2D eigenvalue weighted by Crippen LogP contribution is 2.26. The van der Waals surface area contributed by atoms with E-state index in [2.05, 4.69) is 4.74 Å². The lowest BCUT2D eigenvalue weighted by Gasteiger charge is -2.20. The fourth-order valence-electron chi connectivity index (χ4n) is 1.61. The second kappa shape index (κ2) is 6.96. The topological polar surface area (TPSA) is 66.8 Å². The molecule has 8 heteroatoms. The molecule has 0 aromatic heterocycles. The molecule has 0 unspecified atom stereocenters. The predicted molar refractivity (Wildman–Crippen MR) is 66.2 cm³/mol. The molecule has 0 aliphatic rings. The lowest BCUT2D eigenvalue weighted by atomic mass is 10.1. The van der Waals surface area contributed by atoms with Gasteiger partial charge in [0.1, 0.15) is 6.54 Å². The largest absolute Gasteiger partial charge is 0.503 e. The summed E-state index contributed by atoms with van der Waals surface area (Å²) in [6.45, 7) is 2.72. The number of carbonyl (C=O) groups is 2. The minimum Gasteiger partial charge on any atom is -0.503 e. The van der Waals surface area contributed by atoms with Crippen molar-refractivity contribution in [3.63, 3.8) is 0 Å². The van der Waals surface area contributed by atoms with Gasteiger partial charge in [0.05, 0.1) is 12.2 Å². The first-order chi connectivity index (χ1) is 9.83. The number of phenolic OH excluding ortho intramolecular Hbond substituents is 1. The number of rotatable bonds is 5. The van der Waals surface area contributed by atoms with Gasteiger partial charge in [-0.15, -0.1) is 0 Å². The maximum absolute atomic E-state index is 13.7. The van der Waals surface area contributed by atoms with Crippen molar-refractivity contribution in [1.29, 1.82) is 0 Å². The Morgan fingerprint density at radius 1 is 1.24 bits per heavy atom. The molecule has 0 fully saturated rings. The van der Waals surface area contributed by atoms with Crippen LogP contribution < -0.4 is 0 Å². The van der Waals surface area contributed by atoms with Gasteiger partial charge < -0.3 is 14.7 Å². The SMILES string of the molecule is CCOC(=O)CN(CC)C(=O)c1cc(F)c(F)c(O)c1F. The third-order valence-electron chi connectivity index (χ3n) is 2.66. The Morgan fingerprint density at radius 3 is 2.38 bits per heavy atom. The molecule has 5 nitrogen and oxygen atoms in total. The quantitative estimate of drug-likeness (QED) is 0.666. The van der Waals surface area contributed by atoms with Crippen LogP contribution >= 0.6 is 0 Å². The maximum atomic E-state index is 13.7. The maximum Gasteiger partial charge on any atom is 0.325 e. The van der Waals surface area contributed by atoms with Crippen LogP contribution in [0.3, 0.4) is 0 Å². The molecule has 0 aliphatic carbocycles. The number of ether oxygens (including phenoxy) is 1. The minimum absolute atomic E-state index is 0.0108. The van der Waals surface area contributed by atoms with Crippen molar-refractivity contribution in [3.8, 4) is 5.75 Å². The number of halogens is 3. The van der Waals surface area contributed by atoms with E-state index < -0.39 is 47.2 Å². The summed E-state index contributed by atoms with van der Waals surface area (Å²) in [6, 6.07) is 0.334. The molecule has 0 heterocycles. The molecule has 0 spiro atoms. The van der Waals surface area contributed by atoms with Crippen LogP contribution in [0.2, 0.25) is 0 Å². The lowest BCUT2D eigenvalue weighted by molar-refractivity contribution is -0.143. The van der Waals surface area contributed by atoms with E-state index in [4.69, 9.17) is 5.11 Å². The summed E-state index contributed by atoms with van der Waals surface area (Å²) in [5, 5.41) is 9.09. The third kappa shape index (κ3) is 3.65. The van der Waals surface area contributed by atoms with Gasteiger partial charge in [0, 0.05) is 6.54 Å². The summed E-state index contributed by atoms with van der Waals surface area (Å²) < 4.78 is 44.4. The first-order valence-corrected chi connectivity index (χ1v) is 6.14. The van der Waals surface area contributed by atoms with E-state index in [0.717, 1.165) is 4.90 Å². The summed E-state index contributed by atoms with van der Waals surface area (Å²) in [4.78, 5) is 24.2. The predicted octanol–water partition coefficient (Wildman–Crippen LogP) is 1.83. The smallest absolute Gasteiger partial charge is 0.325 e. The van der Waals surface area contributed by atoms with E-state index in [1.807, 2.05) is 0 Å². The molecule has 0 aliphatic heterocycles.